The largest absolute Gasteiger partial charge is 0.363 e. The Bertz CT molecular complexity index is 1780. The highest BCUT2D eigenvalue weighted by molar-refractivity contribution is 5.91. The highest BCUT2D eigenvalue weighted by Gasteiger charge is 2.31. The third-order valence-corrected chi connectivity index (χ3v) is 8.01. The van der Waals surface area contributed by atoms with Crippen molar-refractivity contribution in [2.24, 2.45) is 7.05 Å². The second-order valence-electron chi connectivity index (χ2n) is 11.2. The molecule has 4 aromatic heterocycles. The summed E-state index contributed by atoms with van der Waals surface area (Å²) >= 11 is 0. The van der Waals surface area contributed by atoms with Gasteiger partial charge in [0.25, 0.3) is 0 Å². The maximum Gasteiger partial charge on any atom is 0.323 e. The van der Waals surface area contributed by atoms with Gasteiger partial charge >= 0.3 is 6.03 Å². The van der Waals surface area contributed by atoms with E-state index in [1.165, 1.54) is 6.20 Å². The van der Waals surface area contributed by atoms with Crippen LogP contribution in [0.25, 0.3) is 11.1 Å². The van der Waals surface area contributed by atoms with Crippen LogP contribution in [0.3, 0.4) is 0 Å². The maximum atomic E-state index is 13.7. The number of anilines is 3. The molecule has 1 saturated carbocycles. The monoisotopic (exact) mass is 613 g/mol. The number of rotatable bonds is 10. The predicted molar refractivity (Wildman–Crippen MR) is 176 cm³/mol. The summed E-state index contributed by atoms with van der Waals surface area (Å²) < 4.78 is 1.75. The fraction of sp³-hybridized carbons (Fsp3) is 0.265. The van der Waals surface area contributed by atoms with Gasteiger partial charge in [0, 0.05) is 55.4 Å². The molecule has 1 fully saturated rings. The number of nitrogens with zero attached hydrogens (tertiary/aromatic N) is 8. The highest BCUT2D eigenvalue weighted by Crippen LogP contribution is 2.30. The summed E-state index contributed by atoms with van der Waals surface area (Å²) in [4.78, 5) is 33.5. The lowest BCUT2D eigenvalue weighted by atomic mass is 9.90. The van der Waals surface area contributed by atoms with E-state index >= 15 is 0 Å². The maximum absolute atomic E-state index is 13.7. The third kappa shape index (κ3) is 7.44. The lowest BCUT2D eigenvalue weighted by Gasteiger charge is -2.36. The zero-order valence-corrected chi connectivity index (χ0v) is 25.5. The zero-order valence-electron chi connectivity index (χ0n) is 25.5. The van der Waals surface area contributed by atoms with E-state index in [1.807, 2.05) is 73.9 Å². The first-order chi connectivity index (χ1) is 22.6. The van der Waals surface area contributed by atoms with Gasteiger partial charge < -0.3 is 16.0 Å². The van der Waals surface area contributed by atoms with Crippen LogP contribution in [0.4, 0.5) is 22.4 Å². The first kappa shape index (κ1) is 30.2. The fourth-order valence-corrected chi connectivity index (χ4v) is 5.59. The molecule has 2 amide bonds. The van der Waals surface area contributed by atoms with Crippen LogP contribution in [0.15, 0.2) is 91.6 Å². The summed E-state index contributed by atoms with van der Waals surface area (Å²) in [5, 5.41) is 23.6. The fourth-order valence-electron chi connectivity index (χ4n) is 5.59. The molecule has 232 valence electrons. The minimum Gasteiger partial charge on any atom is -0.363 e. The second-order valence-corrected chi connectivity index (χ2v) is 11.2. The van der Waals surface area contributed by atoms with E-state index in [4.69, 9.17) is 4.98 Å². The quantitative estimate of drug-likeness (QED) is 0.191. The van der Waals surface area contributed by atoms with Gasteiger partial charge in [0.2, 0.25) is 5.95 Å². The Morgan fingerprint density at radius 1 is 0.935 bits per heavy atom. The van der Waals surface area contributed by atoms with Crippen LogP contribution < -0.4 is 20.9 Å². The predicted octanol–water partition coefficient (Wildman–Crippen LogP) is 5.29. The number of pyridine rings is 2. The molecule has 12 heteroatoms. The second kappa shape index (κ2) is 14.3. The van der Waals surface area contributed by atoms with Crippen LogP contribution in [0.2, 0.25) is 0 Å². The molecule has 0 spiro atoms. The molecule has 6 rings (SSSR count). The molecule has 0 radical (unpaired) electrons. The van der Waals surface area contributed by atoms with Crippen LogP contribution in [0, 0.1) is 11.3 Å². The smallest absolute Gasteiger partial charge is 0.323 e. The molecular formula is C34H35N11O. The number of hydrogen-bond donors (Lipinski definition) is 3. The number of aryl methyl sites for hydroxylation is 1. The van der Waals surface area contributed by atoms with Gasteiger partial charge in [-0.1, -0.05) is 36.4 Å². The van der Waals surface area contributed by atoms with Gasteiger partial charge in [-0.2, -0.15) is 15.3 Å². The Hall–Kier alpha value is -5.83. The van der Waals surface area contributed by atoms with Crippen molar-refractivity contribution in [1.29, 1.82) is 5.26 Å². The molecule has 1 aliphatic carbocycles. The number of nitriles is 1. The van der Waals surface area contributed by atoms with Crippen molar-refractivity contribution < 1.29 is 4.79 Å². The van der Waals surface area contributed by atoms with Gasteiger partial charge in [0.05, 0.1) is 24.6 Å². The molecule has 1 aliphatic rings. The van der Waals surface area contributed by atoms with Crippen molar-refractivity contribution >= 4 is 23.6 Å². The minimum absolute atomic E-state index is 0.0388. The van der Waals surface area contributed by atoms with Crippen LogP contribution in [0.5, 0.6) is 0 Å². The topological polar surface area (TPSA) is 150 Å². The third-order valence-electron chi connectivity index (χ3n) is 8.01. The molecule has 0 aliphatic heterocycles. The van der Waals surface area contributed by atoms with E-state index in [9.17, 15) is 10.1 Å². The Morgan fingerprint density at radius 2 is 1.76 bits per heavy atom. The van der Waals surface area contributed by atoms with Crippen LogP contribution >= 0.6 is 0 Å². The average molecular weight is 614 g/mol. The van der Waals surface area contributed by atoms with E-state index in [0.717, 1.165) is 48.1 Å². The minimum atomic E-state index is -0.180. The van der Waals surface area contributed by atoms with Gasteiger partial charge in [0.1, 0.15) is 23.3 Å². The summed E-state index contributed by atoms with van der Waals surface area (Å²) in [6, 6.07) is 21.5. The molecule has 1 aromatic carbocycles. The van der Waals surface area contributed by atoms with Gasteiger partial charge in [0.15, 0.2) is 0 Å². The molecule has 5 aromatic rings. The highest BCUT2D eigenvalue weighted by atomic mass is 16.2. The molecule has 0 bridgehead atoms. The van der Waals surface area contributed by atoms with Crippen LogP contribution in [-0.4, -0.2) is 47.8 Å². The summed E-state index contributed by atoms with van der Waals surface area (Å²) in [5.74, 6) is 1.52. The van der Waals surface area contributed by atoms with E-state index in [2.05, 4.69) is 42.1 Å². The molecule has 0 saturated heterocycles. The Balaban J connectivity index is 1.13. The van der Waals surface area contributed by atoms with E-state index in [1.54, 1.807) is 28.2 Å². The molecule has 12 nitrogen and oxygen atoms in total. The van der Waals surface area contributed by atoms with E-state index in [0.29, 0.717) is 36.2 Å². The number of nitrogens with one attached hydrogen (secondary N) is 3. The first-order valence-corrected chi connectivity index (χ1v) is 15.3. The summed E-state index contributed by atoms with van der Waals surface area (Å²) in [6.45, 7) is 0.865. The summed E-state index contributed by atoms with van der Waals surface area (Å²) in [6.07, 6.45) is 11.9. The van der Waals surface area contributed by atoms with Gasteiger partial charge in [-0.3, -0.25) is 14.6 Å². The zero-order chi connectivity index (χ0) is 31.7. The number of hydrogen-bond acceptors (Lipinski definition) is 9. The lowest BCUT2D eigenvalue weighted by molar-refractivity contribution is 0.240. The molecule has 0 unspecified atom stereocenters. The normalized spacial score (nSPS) is 15.8. The number of aromatic nitrogens is 6. The van der Waals surface area contributed by atoms with Crippen molar-refractivity contribution in [2.45, 2.75) is 50.9 Å². The van der Waals surface area contributed by atoms with Gasteiger partial charge in [-0.15, -0.1) is 0 Å². The van der Waals surface area contributed by atoms with Crippen molar-refractivity contribution in [2.75, 3.05) is 15.5 Å². The van der Waals surface area contributed by atoms with Crippen LogP contribution in [0.1, 0.15) is 42.5 Å². The number of amides is 2. The van der Waals surface area contributed by atoms with Crippen LogP contribution in [-0.2, 0) is 20.1 Å². The first-order valence-electron chi connectivity index (χ1n) is 15.3. The number of carbonyl (C=O) groups excluding carboxylic acids is 1. The standard InChI is InChI=1S/C34H35N11O/c1-44-23-27(21-41-44)25-10-15-31(37-19-25)45(34(46)40-18-24-7-3-2-4-8-24)30-13-11-28(12-14-30)42-33-39-20-26(17-35)32(43-33)38-22-29-9-5-6-16-36-29/h2-10,15-16,19-21,23,28,30H,11-14,18,22H2,1H3,(H,40,46)(H2,38,39,42,43). The number of carbonyl (C=O) groups is 1. The average Bonchev–Trinajstić information content (AvgIpc) is 3.54. The summed E-state index contributed by atoms with van der Waals surface area (Å²) in [5.41, 5.74) is 4.14. The molecule has 0 atom stereocenters. The Labute approximate surface area is 267 Å². The number of benzene rings is 1. The molecule has 46 heavy (non-hydrogen) atoms. The van der Waals surface area contributed by atoms with Crippen molar-refractivity contribution in [3.63, 3.8) is 0 Å². The Morgan fingerprint density at radius 3 is 2.46 bits per heavy atom. The van der Waals surface area contributed by atoms with E-state index < -0.39 is 0 Å². The summed E-state index contributed by atoms with van der Waals surface area (Å²) in [7, 11) is 1.88. The molecule has 3 N–H and O–H groups in total. The van der Waals surface area contributed by atoms with Crippen molar-refractivity contribution in [3.8, 4) is 17.2 Å². The lowest BCUT2D eigenvalue weighted by Crippen LogP contribution is -2.49. The van der Waals surface area contributed by atoms with Gasteiger partial charge in [-0.25, -0.2) is 14.8 Å². The van der Waals surface area contributed by atoms with Crippen molar-refractivity contribution in [1.82, 2.24) is 35.0 Å². The Kier molecular flexibility index (Phi) is 9.39. The van der Waals surface area contributed by atoms with Gasteiger partial charge in [-0.05, 0) is 55.5 Å². The molecular weight excluding hydrogens is 578 g/mol. The number of urea groups is 1. The van der Waals surface area contributed by atoms with Crippen molar-refractivity contribution in [3.05, 3.63) is 108 Å². The van der Waals surface area contributed by atoms with E-state index in [-0.39, 0.29) is 18.1 Å². The SMILES string of the molecule is Cn1cc(-c2ccc(N(C(=O)NCc3ccccc3)C3CCC(Nc4ncc(C#N)c(NCc5ccccn5)n4)CC3)nc2)cn1. The molecule has 4 heterocycles.